The molecular formula is C27H26ClF2NO4. The zero-order chi connectivity index (χ0) is 25.2. The van der Waals surface area contributed by atoms with E-state index in [0.29, 0.717) is 22.2 Å². The van der Waals surface area contributed by atoms with Crippen molar-refractivity contribution in [3.05, 3.63) is 81.9 Å². The van der Waals surface area contributed by atoms with Gasteiger partial charge in [0, 0.05) is 17.6 Å². The number of nitrogens with one attached hydrogen (secondary N) is 1. The number of halogens is 3. The Morgan fingerprint density at radius 3 is 2.63 bits per heavy atom. The third-order valence-electron chi connectivity index (χ3n) is 5.97. The lowest BCUT2D eigenvalue weighted by Gasteiger charge is -2.29. The van der Waals surface area contributed by atoms with Crippen molar-refractivity contribution in [2.24, 2.45) is 0 Å². The molecule has 1 aliphatic carbocycles. The Hall–Kier alpha value is -3.32. The van der Waals surface area contributed by atoms with Gasteiger partial charge < -0.3 is 19.9 Å². The maximum absolute atomic E-state index is 14.6. The fraction of sp³-hybridized carbons (Fsp3) is 0.296. The van der Waals surface area contributed by atoms with Gasteiger partial charge in [0.1, 0.15) is 17.2 Å². The second kappa shape index (κ2) is 10.1. The highest BCUT2D eigenvalue weighted by Crippen LogP contribution is 2.41. The quantitative estimate of drug-likeness (QED) is 0.334. The largest absolute Gasteiger partial charge is 0.482 e. The minimum Gasteiger partial charge on any atom is -0.482 e. The van der Waals surface area contributed by atoms with E-state index in [-0.39, 0.29) is 17.4 Å². The van der Waals surface area contributed by atoms with Crippen LogP contribution >= 0.6 is 11.6 Å². The zero-order valence-electron chi connectivity index (χ0n) is 19.4. The topological polar surface area (TPSA) is 67.8 Å². The summed E-state index contributed by atoms with van der Waals surface area (Å²) in [5, 5.41) is 12.9. The van der Waals surface area contributed by atoms with Gasteiger partial charge in [-0.2, -0.15) is 0 Å². The van der Waals surface area contributed by atoms with E-state index >= 15 is 0 Å². The monoisotopic (exact) mass is 501 g/mol. The van der Waals surface area contributed by atoms with E-state index in [1.165, 1.54) is 6.07 Å². The number of fused-ring (bicyclic) bond motifs is 1. The Morgan fingerprint density at radius 1 is 1.14 bits per heavy atom. The number of aliphatic carboxylic acids is 1. The van der Waals surface area contributed by atoms with Gasteiger partial charge in [-0.1, -0.05) is 23.7 Å². The summed E-state index contributed by atoms with van der Waals surface area (Å²) < 4.78 is 40.5. The standard InChI is InChI=1S/C27H26ClF2NO4/c1-16-13-17(28)9-11-23(16)35-25-12-10-18(14-21(25)27(2,29)30)31-22-7-3-6-20-19(22)5-4-8-24(20)34-15-26(32)33/h4-5,8-14,22,31H,3,6-7,15H2,1-2H3,(H,32,33)/t22-/m1/s1. The van der Waals surface area contributed by atoms with Crippen LogP contribution in [-0.2, 0) is 17.1 Å². The molecule has 0 aliphatic heterocycles. The summed E-state index contributed by atoms with van der Waals surface area (Å²) in [6, 6.07) is 15.1. The number of rotatable bonds is 8. The molecule has 0 radical (unpaired) electrons. The number of benzene rings is 3. The minimum atomic E-state index is -3.13. The lowest BCUT2D eigenvalue weighted by atomic mass is 9.87. The van der Waals surface area contributed by atoms with Crippen LogP contribution in [0, 0.1) is 6.92 Å². The Labute approximate surface area is 207 Å². The van der Waals surface area contributed by atoms with Crippen LogP contribution in [0.2, 0.25) is 5.02 Å². The number of anilines is 1. The van der Waals surface area contributed by atoms with Gasteiger partial charge in [0.2, 0.25) is 0 Å². The van der Waals surface area contributed by atoms with Crippen LogP contribution < -0.4 is 14.8 Å². The van der Waals surface area contributed by atoms with Gasteiger partial charge in [-0.25, -0.2) is 13.6 Å². The van der Waals surface area contributed by atoms with Gasteiger partial charge in [-0.15, -0.1) is 0 Å². The second-order valence-corrected chi connectivity index (χ2v) is 9.14. The molecular weight excluding hydrogens is 476 g/mol. The molecule has 0 bridgehead atoms. The van der Waals surface area contributed by atoms with E-state index in [1.807, 2.05) is 12.1 Å². The molecule has 4 rings (SSSR count). The summed E-state index contributed by atoms with van der Waals surface area (Å²) >= 11 is 6.00. The van der Waals surface area contributed by atoms with E-state index < -0.39 is 18.5 Å². The fourth-order valence-corrected chi connectivity index (χ4v) is 4.57. The molecule has 0 heterocycles. The van der Waals surface area contributed by atoms with Gasteiger partial charge in [-0.05, 0) is 85.3 Å². The third kappa shape index (κ3) is 5.85. The van der Waals surface area contributed by atoms with Crippen molar-refractivity contribution in [3.63, 3.8) is 0 Å². The van der Waals surface area contributed by atoms with Crippen LogP contribution in [0.5, 0.6) is 17.2 Å². The lowest BCUT2D eigenvalue weighted by Crippen LogP contribution is -2.19. The van der Waals surface area contributed by atoms with Gasteiger partial charge in [0.15, 0.2) is 6.61 Å². The fourth-order valence-electron chi connectivity index (χ4n) is 4.34. The van der Waals surface area contributed by atoms with Crippen molar-refractivity contribution in [1.29, 1.82) is 0 Å². The van der Waals surface area contributed by atoms with Crippen LogP contribution in [0.25, 0.3) is 0 Å². The molecule has 35 heavy (non-hydrogen) atoms. The average molecular weight is 502 g/mol. The number of carbonyl (C=O) groups is 1. The van der Waals surface area contributed by atoms with Gasteiger partial charge >= 0.3 is 5.97 Å². The maximum atomic E-state index is 14.6. The first kappa shape index (κ1) is 24.8. The number of hydrogen-bond donors (Lipinski definition) is 2. The van der Waals surface area contributed by atoms with Crippen molar-refractivity contribution >= 4 is 23.3 Å². The van der Waals surface area contributed by atoms with Gasteiger partial charge in [0.25, 0.3) is 5.92 Å². The van der Waals surface area contributed by atoms with Crippen LogP contribution in [0.3, 0.4) is 0 Å². The molecule has 0 amide bonds. The molecule has 3 aromatic carbocycles. The second-order valence-electron chi connectivity index (χ2n) is 8.71. The minimum absolute atomic E-state index is 0.0712. The summed E-state index contributed by atoms with van der Waals surface area (Å²) in [7, 11) is 0. The Morgan fingerprint density at radius 2 is 1.91 bits per heavy atom. The molecule has 0 unspecified atom stereocenters. The highest BCUT2D eigenvalue weighted by atomic mass is 35.5. The first-order chi connectivity index (χ1) is 16.6. The summed E-state index contributed by atoms with van der Waals surface area (Å²) in [4.78, 5) is 10.9. The van der Waals surface area contributed by atoms with E-state index in [9.17, 15) is 13.6 Å². The van der Waals surface area contributed by atoms with Crippen LogP contribution in [0.1, 0.15) is 48.1 Å². The zero-order valence-corrected chi connectivity index (χ0v) is 20.2. The van der Waals surface area contributed by atoms with Crippen molar-refractivity contribution in [2.45, 2.75) is 45.1 Å². The van der Waals surface area contributed by atoms with E-state index in [4.69, 9.17) is 26.2 Å². The molecule has 0 aromatic heterocycles. The molecule has 0 fully saturated rings. The van der Waals surface area contributed by atoms with Crippen LogP contribution in [0.15, 0.2) is 54.6 Å². The molecule has 3 aromatic rings. The molecule has 0 spiro atoms. The number of ether oxygens (including phenoxy) is 2. The number of hydrogen-bond acceptors (Lipinski definition) is 4. The summed E-state index contributed by atoms with van der Waals surface area (Å²) in [5.74, 6) is -3.11. The SMILES string of the molecule is Cc1cc(Cl)ccc1Oc1ccc(N[C@@H]2CCCc3c(OCC(=O)O)cccc32)cc1C(C)(F)F. The predicted octanol–water partition coefficient (Wildman–Crippen LogP) is 7.51. The van der Waals surface area contributed by atoms with Crippen molar-refractivity contribution in [3.8, 4) is 17.2 Å². The maximum Gasteiger partial charge on any atom is 0.341 e. The van der Waals surface area contributed by atoms with Crippen LogP contribution in [0.4, 0.5) is 14.5 Å². The van der Waals surface area contributed by atoms with Gasteiger partial charge in [-0.3, -0.25) is 0 Å². The van der Waals surface area contributed by atoms with Gasteiger partial charge in [0.05, 0.1) is 11.6 Å². The number of carboxylic acids is 1. The van der Waals surface area contributed by atoms with Crippen molar-refractivity contribution in [1.82, 2.24) is 0 Å². The van der Waals surface area contributed by atoms with E-state index in [2.05, 4.69) is 5.32 Å². The number of alkyl halides is 2. The Bertz CT molecular complexity index is 1240. The van der Waals surface area contributed by atoms with Crippen LogP contribution in [-0.4, -0.2) is 17.7 Å². The highest BCUT2D eigenvalue weighted by Gasteiger charge is 2.30. The molecule has 0 saturated carbocycles. The average Bonchev–Trinajstić information content (AvgIpc) is 2.80. The summed E-state index contributed by atoms with van der Waals surface area (Å²) in [6.07, 6.45) is 2.41. The highest BCUT2D eigenvalue weighted by molar-refractivity contribution is 6.30. The molecule has 0 saturated heterocycles. The molecule has 2 N–H and O–H groups in total. The summed E-state index contributed by atoms with van der Waals surface area (Å²) in [6.45, 7) is 2.23. The lowest BCUT2D eigenvalue weighted by molar-refractivity contribution is -0.139. The molecule has 8 heteroatoms. The van der Waals surface area contributed by atoms with Crippen molar-refractivity contribution in [2.75, 3.05) is 11.9 Å². The predicted molar refractivity (Wildman–Crippen MR) is 131 cm³/mol. The van der Waals surface area contributed by atoms with Crippen molar-refractivity contribution < 1.29 is 28.2 Å². The molecule has 184 valence electrons. The Balaban J connectivity index is 1.61. The molecule has 1 aliphatic rings. The normalized spacial score (nSPS) is 15.3. The Kier molecular flexibility index (Phi) is 7.17. The third-order valence-corrected chi connectivity index (χ3v) is 6.20. The summed E-state index contributed by atoms with van der Waals surface area (Å²) in [5.41, 5.74) is 2.96. The first-order valence-corrected chi connectivity index (χ1v) is 11.7. The number of aryl methyl sites for hydroxylation is 1. The van der Waals surface area contributed by atoms with E-state index in [0.717, 1.165) is 42.9 Å². The molecule has 5 nitrogen and oxygen atoms in total. The smallest absolute Gasteiger partial charge is 0.341 e. The van der Waals surface area contributed by atoms with E-state index in [1.54, 1.807) is 43.3 Å². The molecule has 1 atom stereocenters. The first-order valence-electron chi connectivity index (χ1n) is 11.3. The number of carboxylic acid groups (broad SMARTS) is 1.